The Labute approximate surface area is 145 Å². The molecule has 24 heavy (non-hydrogen) atoms. The standard InChI is InChI=1S/C19H19N3OS/c1-13-15(8-9-18(20-13)22-10-4-5-11-22)21-19(23)17-12-14-6-2-3-7-16(14)24-17/h2-3,6-9,12H,4-5,10-11H2,1H3,(H,21,23). The van der Waals surface area contributed by atoms with E-state index in [0.29, 0.717) is 0 Å². The number of fused-ring (bicyclic) bond motifs is 1. The van der Waals surface area contributed by atoms with Crippen molar-refractivity contribution in [2.24, 2.45) is 0 Å². The van der Waals surface area contributed by atoms with Gasteiger partial charge in [0.15, 0.2) is 0 Å². The highest BCUT2D eigenvalue weighted by Crippen LogP contribution is 2.27. The van der Waals surface area contributed by atoms with Crippen molar-refractivity contribution < 1.29 is 4.79 Å². The second-order valence-corrected chi connectivity index (χ2v) is 7.18. The minimum Gasteiger partial charge on any atom is -0.357 e. The number of hydrogen-bond acceptors (Lipinski definition) is 4. The molecule has 1 aliphatic rings. The number of nitrogens with zero attached hydrogens (tertiary/aromatic N) is 2. The van der Waals surface area contributed by atoms with Crippen LogP contribution in [-0.2, 0) is 0 Å². The Morgan fingerprint density at radius 3 is 2.71 bits per heavy atom. The van der Waals surface area contributed by atoms with Crippen LogP contribution in [0, 0.1) is 6.92 Å². The Morgan fingerprint density at radius 1 is 1.17 bits per heavy atom. The van der Waals surface area contributed by atoms with Crippen LogP contribution < -0.4 is 10.2 Å². The monoisotopic (exact) mass is 337 g/mol. The Bertz CT molecular complexity index is 864. The number of carbonyl (C=O) groups is 1. The number of aromatic nitrogens is 1. The molecule has 0 atom stereocenters. The zero-order chi connectivity index (χ0) is 16.5. The second-order valence-electron chi connectivity index (χ2n) is 6.10. The summed E-state index contributed by atoms with van der Waals surface area (Å²) in [6.45, 7) is 4.08. The molecule has 1 saturated heterocycles. The number of nitrogens with one attached hydrogen (secondary N) is 1. The summed E-state index contributed by atoms with van der Waals surface area (Å²) < 4.78 is 1.13. The maximum Gasteiger partial charge on any atom is 0.265 e. The van der Waals surface area contributed by atoms with Crippen molar-refractivity contribution in [3.8, 4) is 0 Å². The van der Waals surface area contributed by atoms with Gasteiger partial charge in [-0.15, -0.1) is 11.3 Å². The third kappa shape index (κ3) is 2.87. The van der Waals surface area contributed by atoms with Gasteiger partial charge < -0.3 is 10.2 Å². The molecule has 3 heterocycles. The molecule has 0 radical (unpaired) electrons. The lowest BCUT2D eigenvalue weighted by Gasteiger charge is -2.17. The van der Waals surface area contributed by atoms with Crippen molar-refractivity contribution >= 4 is 38.8 Å². The largest absolute Gasteiger partial charge is 0.357 e. The lowest BCUT2D eigenvalue weighted by atomic mass is 10.2. The van der Waals surface area contributed by atoms with Crippen LogP contribution in [0.2, 0.25) is 0 Å². The molecule has 1 amide bonds. The summed E-state index contributed by atoms with van der Waals surface area (Å²) >= 11 is 1.51. The smallest absolute Gasteiger partial charge is 0.265 e. The van der Waals surface area contributed by atoms with Crippen LogP contribution >= 0.6 is 11.3 Å². The van der Waals surface area contributed by atoms with E-state index in [1.165, 1.54) is 24.2 Å². The molecule has 4 rings (SSSR count). The molecule has 1 aromatic carbocycles. The first-order chi connectivity index (χ1) is 11.7. The quantitative estimate of drug-likeness (QED) is 0.767. The van der Waals surface area contributed by atoms with Crippen LogP contribution in [0.4, 0.5) is 11.5 Å². The molecule has 0 spiro atoms. The van der Waals surface area contributed by atoms with Crippen LogP contribution in [0.5, 0.6) is 0 Å². The topological polar surface area (TPSA) is 45.2 Å². The second kappa shape index (κ2) is 6.24. The van der Waals surface area contributed by atoms with Crippen molar-refractivity contribution in [2.75, 3.05) is 23.3 Å². The van der Waals surface area contributed by atoms with Crippen molar-refractivity contribution in [2.45, 2.75) is 19.8 Å². The van der Waals surface area contributed by atoms with Gasteiger partial charge in [-0.2, -0.15) is 0 Å². The van der Waals surface area contributed by atoms with E-state index in [4.69, 9.17) is 0 Å². The van der Waals surface area contributed by atoms with Crippen molar-refractivity contribution in [1.82, 2.24) is 4.98 Å². The Balaban J connectivity index is 1.54. The van der Waals surface area contributed by atoms with Gasteiger partial charge in [-0.05, 0) is 49.4 Å². The van der Waals surface area contributed by atoms with Crippen LogP contribution in [0.15, 0.2) is 42.5 Å². The van der Waals surface area contributed by atoms with Gasteiger partial charge in [0, 0.05) is 17.8 Å². The normalized spacial score (nSPS) is 14.3. The maximum atomic E-state index is 12.5. The molecule has 1 fully saturated rings. The molecule has 0 unspecified atom stereocenters. The van der Waals surface area contributed by atoms with E-state index in [1.54, 1.807) is 0 Å². The number of pyridine rings is 1. The van der Waals surface area contributed by atoms with E-state index in [1.807, 2.05) is 49.4 Å². The number of hydrogen-bond donors (Lipinski definition) is 1. The van der Waals surface area contributed by atoms with Crippen LogP contribution in [0.3, 0.4) is 0 Å². The minimum absolute atomic E-state index is 0.0741. The summed E-state index contributed by atoms with van der Waals surface area (Å²) in [5.41, 5.74) is 1.63. The highest BCUT2D eigenvalue weighted by molar-refractivity contribution is 7.20. The first-order valence-electron chi connectivity index (χ1n) is 8.23. The molecule has 0 saturated carbocycles. The lowest BCUT2D eigenvalue weighted by molar-refractivity contribution is 0.103. The van der Waals surface area contributed by atoms with Gasteiger partial charge >= 0.3 is 0 Å². The van der Waals surface area contributed by atoms with Gasteiger partial charge in [0.2, 0.25) is 0 Å². The van der Waals surface area contributed by atoms with Gasteiger partial charge in [-0.3, -0.25) is 4.79 Å². The number of carbonyl (C=O) groups excluding carboxylic acids is 1. The Hall–Kier alpha value is -2.40. The van der Waals surface area contributed by atoms with E-state index in [0.717, 1.165) is 45.3 Å². The number of rotatable bonds is 3. The van der Waals surface area contributed by atoms with Gasteiger partial charge in [0.25, 0.3) is 5.91 Å². The average molecular weight is 337 g/mol. The number of anilines is 2. The van der Waals surface area contributed by atoms with E-state index in [9.17, 15) is 4.79 Å². The number of aryl methyl sites for hydroxylation is 1. The third-order valence-corrected chi connectivity index (χ3v) is 5.51. The van der Waals surface area contributed by atoms with Crippen molar-refractivity contribution in [3.05, 3.63) is 53.0 Å². The molecular formula is C19H19N3OS. The molecule has 1 aliphatic heterocycles. The molecule has 0 bridgehead atoms. The third-order valence-electron chi connectivity index (χ3n) is 4.40. The van der Waals surface area contributed by atoms with Gasteiger partial charge in [-0.25, -0.2) is 4.98 Å². The minimum atomic E-state index is -0.0741. The van der Waals surface area contributed by atoms with Gasteiger partial charge in [0.05, 0.1) is 16.3 Å². The highest BCUT2D eigenvalue weighted by atomic mass is 32.1. The molecule has 2 aromatic heterocycles. The summed E-state index contributed by atoms with van der Waals surface area (Å²) in [6.07, 6.45) is 2.45. The summed E-state index contributed by atoms with van der Waals surface area (Å²) in [5.74, 6) is 0.930. The fourth-order valence-electron chi connectivity index (χ4n) is 3.08. The van der Waals surface area contributed by atoms with E-state index in [-0.39, 0.29) is 5.91 Å². The SMILES string of the molecule is Cc1nc(N2CCCC2)ccc1NC(=O)c1cc2ccccc2s1. The van der Waals surface area contributed by atoms with Gasteiger partial charge in [-0.1, -0.05) is 18.2 Å². The predicted molar refractivity (Wildman–Crippen MR) is 100 cm³/mol. The van der Waals surface area contributed by atoms with E-state index in [2.05, 4.69) is 15.2 Å². The Morgan fingerprint density at radius 2 is 1.96 bits per heavy atom. The number of benzene rings is 1. The highest BCUT2D eigenvalue weighted by Gasteiger charge is 2.16. The van der Waals surface area contributed by atoms with E-state index >= 15 is 0 Å². The molecule has 122 valence electrons. The zero-order valence-corrected chi connectivity index (χ0v) is 14.4. The molecule has 3 aromatic rings. The number of amides is 1. The Kier molecular flexibility index (Phi) is 3.94. The lowest BCUT2D eigenvalue weighted by Crippen LogP contribution is -2.19. The molecule has 1 N–H and O–H groups in total. The molecule has 0 aliphatic carbocycles. The average Bonchev–Trinajstić information content (AvgIpc) is 3.26. The zero-order valence-electron chi connectivity index (χ0n) is 13.6. The predicted octanol–water partition coefficient (Wildman–Crippen LogP) is 4.46. The summed E-state index contributed by atoms with van der Waals surface area (Å²) in [5, 5.41) is 4.10. The van der Waals surface area contributed by atoms with Gasteiger partial charge in [0.1, 0.15) is 5.82 Å². The fourth-order valence-corrected chi connectivity index (χ4v) is 4.04. The van der Waals surface area contributed by atoms with Crippen molar-refractivity contribution in [3.63, 3.8) is 0 Å². The summed E-state index contributed by atoms with van der Waals surface area (Å²) in [7, 11) is 0. The molecular weight excluding hydrogens is 318 g/mol. The maximum absolute atomic E-state index is 12.5. The molecule has 5 heteroatoms. The van der Waals surface area contributed by atoms with Crippen LogP contribution in [0.25, 0.3) is 10.1 Å². The fraction of sp³-hybridized carbons (Fsp3) is 0.263. The first-order valence-corrected chi connectivity index (χ1v) is 9.05. The van der Waals surface area contributed by atoms with Crippen LogP contribution in [0.1, 0.15) is 28.2 Å². The summed E-state index contributed by atoms with van der Waals surface area (Å²) in [4.78, 5) is 20.2. The number of thiophene rings is 1. The van der Waals surface area contributed by atoms with Crippen molar-refractivity contribution in [1.29, 1.82) is 0 Å². The van der Waals surface area contributed by atoms with Crippen LogP contribution in [-0.4, -0.2) is 24.0 Å². The summed E-state index contributed by atoms with van der Waals surface area (Å²) in [6, 6.07) is 13.9. The first kappa shape index (κ1) is 15.1. The van der Waals surface area contributed by atoms with E-state index < -0.39 is 0 Å². The molecule has 4 nitrogen and oxygen atoms in total.